The highest BCUT2D eigenvalue weighted by atomic mass is 19.4. The first-order valence-electron chi connectivity index (χ1n) is 5.52. The maximum atomic E-state index is 12.4. The van der Waals surface area contributed by atoms with Crippen LogP contribution >= 0.6 is 0 Å². The van der Waals surface area contributed by atoms with Crippen LogP contribution < -0.4 is 10.6 Å². The van der Waals surface area contributed by atoms with E-state index < -0.39 is 11.9 Å². The normalized spacial score (nSPS) is 19.3. The average molecular weight is 258 g/mol. The Hall–Kier alpha value is -1.79. The molecule has 0 amide bonds. The molecule has 18 heavy (non-hydrogen) atoms. The van der Waals surface area contributed by atoms with E-state index in [1.165, 1.54) is 0 Å². The van der Waals surface area contributed by atoms with Crippen molar-refractivity contribution < 1.29 is 13.2 Å². The Morgan fingerprint density at radius 2 is 2.28 bits per heavy atom. The zero-order valence-electron chi connectivity index (χ0n) is 9.75. The highest BCUT2D eigenvalue weighted by Crippen LogP contribution is 2.27. The summed E-state index contributed by atoms with van der Waals surface area (Å²) >= 11 is 0. The Kier molecular flexibility index (Phi) is 3.40. The van der Waals surface area contributed by atoms with Crippen molar-refractivity contribution in [3.63, 3.8) is 0 Å². The quantitative estimate of drug-likeness (QED) is 0.846. The molecule has 1 aromatic rings. The second-order valence-corrected chi connectivity index (χ2v) is 4.14. The number of aliphatic imine (C=N–C) groups is 1. The maximum absolute atomic E-state index is 12.4. The lowest BCUT2D eigenvalue weighted by Gasteiger charge is -2.10. The van der Waals surface area contributed by atoms with E-state index in [9.17, 15) is 13.2 Å². The third kappa shape index (κ3) is 3.12. The largest absolute Gasteiger partial charge is 0.433 e. The lowest BCUT2D eigenvalue weighted by atomic mass is 10.2. The van der Waals surface area contributed by atoms with Gasteiger partial charge < -0.3 is 10.6 Å². The van der Waals surface area contributed by atoms with Crippen LogP contribution in [0.2, 0.25) is 0 Å². The van der Waals surface area contributed by atoms with Crippen LogP contribution in [0, 0.1) is 0 Å². The van der Waals surface area contributed by atoms with Crippen molar-refractivity contribution in [1.29, 1.82) is 0 Å². The van der Waals surface area contributed by atoms with E-state index >= 15 is 0 Å². The molecule has 98 valence electrons. The van der Waals surface area contributed by atoms with Gasteiger partial charge in [-0.2, -0.15) is 13.2 Å². The van der Waals surface area contributed by atoms with Gasteiger partial charge in [-0.25, -0.2) is 0 Å². The zero-order chi connectivity index (χ0) is 13.2. The molecule has 2 N–H and O–H groups in total. The molecule has 0 fully saturated rings. The number of nitrogens with one attached hydrogen (secondary N) is 2. The molecule has 1 aliphatic heterocycles. The van der Waals surface area contributed by atoms with Crippen LogP contribution in [0.3, 0.4) is 0 Å². The van der Waals surface area contributed by atoms with Crippen molar-refractivity contribution >= 4 is 5.96 Å². The van der Waals surface area contributed by atoms with Crippen LogP contribution in [0.15, 0.2) is 23.3 Å². The summed E-state index contributed by atoms with van der Waals surface area (Å²) in [6.07, 6.45) is -3.25. The van der Waals surface area contributed by atoms with Gasteiger partial charge in [0.1, 0.15) is 5.69 Å². The number of pyridine rings is 1. The Bertz CT molecular complexity index is 456. The lowest BCUT2D eigenvalue weighted by molar-refractivity contribution is -0.141. The molecule has 0 spiro atoms. The van der Waals surface area contributed by atoms with Crippen molar-refractivity contribution in [2.45, 2.75) is 25.7 Å². The van der Waals surface area contributed by atoms with Crippen molar-refractivity contribution in [1.82, 2.24) is 15.6 Å². The summed E-state index contributed by atoms with van der Waals surface area (Å²) in [5.74, 6) is 0.618. The minimum Gasteiger partial charge on any atom is -0.352 e. The Morgan fingerprint density at radius 3 is 2.89 bits per heavy atom. The predicted molar refractivity (Wildman–Crippen MR) is 61.0 cm³/mol. The molecule has 0 saturated carbocycles. The topological polar surface area (TPSA) is 49.3 Å². The highest BCUT2D eigenvalue weighted by Gasteiger charge is 2.32. The summed E-state index contributed by atoms with van der Waals surface area (Å²) in [5, 5.41) is 6.02. The number of nitrogens with zero attached hydrogens (tertiary/aromatic N) is 2. The standard InChI is InChI=1S/C11H13F3N4/c1-7-5-16-10(18-7)17-6-8-2-3-15-9(4-8)11(12,13)14/h2-4,7H,5-6H2,1H3,(H2,16,17,18). The van der Waals surface area contributed by atoms with Gasteiger partial charge in [0.15, 0.2) is 5.96 Å². The zero-order valence-corrected chi connectivity index (χ0v) is 9.75. The monoisotopic (exact) mass is 258 g/mol. The first-order valence-corrected chi connectivity index (χ1v) is 5.52. The molecule has 2 rings (SSSR count). The van der Waals surface area contributed by atoms with Gasteiger partial charge in [0.2, 0.25) is 0 Å². The van der Waals surface area contributed by atoms with Crippen LogP contribution in [0.5, 0.6) is 0 Å². The van der Waals surface area contributed by atoms with Gasteiger partial charge in [0, 0.05) is 18.8 Å². The average Bonchev–Trinajstić information content (AvgIpc) is 2.72. The van der Waals surface area contributed by atoms with Crippen LogP contribution in [0.1, 0.15) is 18.2 Å². The van der Waals surface area contributed by atoms with E-state index in [2.05, 4.69) is 20.6 Å². The van der Waals surface area contributed by atoms with E-state index in [1.54, 1.807) is 6.07 Å². The van der Waals surface area contributed by atoms with Crippen LogP contribution in [-0.2, 0) is 12.7 Å². The van der Waals surface area contributed by atoms with Crippen LogP contribution in [0.25, 0.3) is 0 Å². The molecular weight excluding hydrogens is 245 g/mol. The highest BCUT2D eigenvalue weighted by molar-refractivity contribution is 5.81. The summed E-state index contributed by atoms with van der Waals surface area (Å²) in [5.41, 5.74) is -0.363. The first kappa shape index (κ1) is 12.7. The van der Waals surface area contributed by atoms with E-state index in [0.29, 0.717) is 18.1 Å². The van der Waals surface area contributed by atoms with Gasteiger partial charge in [0.25, 0.3) is 0 Å². The molecule has 1 atom stereocenters. The fourth-order valence-corrected chi connectivity index (χ4v) is 1.58. The number of guanidine groups is 1. The second kappa shape index (κ2) is 4.83. The van der Waals surface area contributed by atoms with Gasteiger partial charge >= 0.3 is 6.18 Å². The molecule has 1 unspecified atom stereocenters. The van der Waals surface area contributed by atoms with Gasteiger partial charge in [-0.05, 0) is 24.6 Å². The Balaban J connectivity index is 1.98. The third-order valence-corrected chi connectivity index (χ3v) is 2.48. The van der Waals surface area contributed by atoms with Crippen molar-refractivity contribution in [3.05, 3.63) is 29.6 Å². The summed E-state index contributed by atoms with van der Waals surface area (Å²) in [6.45, 7) is 2.93. The molecular formula is C11H13F3N4. The summed E-state index contributed by atoms with van der Waals surface area (Å²) in [7, 11) is 0. The Morgan fingerprint density at radius 1 is 1.50 bits per heavy atom. The summed E-state index contributed by atoms with van der Waals surface area (Å²) in [6, 6.07) is 2.84. The molecule has 7 heteroatoms. The molecule has 0 aromatic carbocycles. The third-order valence-electron chi connectivity index (χ3n) is 2.48. The van der Waals surface area contributed by atoms with E-state index in [0.717, 1.165) is 12.3 Å². The van der Waals surface area contributed by atoms with Crippen molar-refractivity contribution in [2.75, 3.05) is 6.54 Å². The number of halogens is 3. The van der Waals surface area contributed by atoms with Gasteiger partial charge in [-0.1, -0.05) is 0 Å². The molecule has 2 heterocycles. The molecule has 4 nitrogen and oxygen atoms in total. The number of alkyl halides is 3. The van der Waals surface area contributed by atoms with E-state index in [1.807, 2.05) is 6.92 Å². The van der Waals surface area contributed by atoms with E-state index in [4.69, 9.17) is 0 Å². The molecule has 0 bridgehead atoms. The van der Waals surface area contributed by atoms with Crippen molar-refractivity contribution in [2.24, 2.45) is 4.99 Å². The summed E-state index contributed by atoms with van der Waals surface area (Å²) < 4.78 is 37.3. The number of aromatic nitrogens is 1. The van der Waals surface area contributed by atoms with Crippen LogP contribution in [0.4, 0.5) is 13.2 Å². The minimum atomic E-state index is -4.41. The van der Waals surface area contributed by atoms with Gasteiger partial charge in [-0.3, -0.25) is 9.98 Å². The second-order valence-electron chi connectivity index (χ2n) is 4.14. The molecule has 1 aliphatic rings. The maximum Gasteiger partial charge on any atom is 0.433 e. The van der Waals surface area contributed by atoms with E-state index in [-0.39, 0.29) is 12.6 Å². The number of hydrogen-bond donors (Lipinski definition) is 2. The fraction of sp³-hybridized carbons (Fsp3) is 0.455. The molecule has 0 aliphatic carbocycles. The van der Waals surface area contributed by atoms with Gasteiger partial charge in [-0.15, -0.1) is 0 Å². The van der Waals surface area contributed by atoms with Gasteiger partial charge in [0.05, 0.1) is 6.54 Å². The molecule has 0 saturated heterocycles. The lowest BCUT2D eigenvalue weighted by Crippen LogP contribution is -2.37. The fourth-order valence-electron chi connectivity index (χ4n) is 1.58. The van der Waals surface area contributed by atoms with Crippen LogP contribution in [-0.4, -0.2) is 23.5 Å². The minimum absolute atomic E-state index is 0.260. The SMILES string of the molecule is CC1CN=C(NCc2ccnc(C(F)(F)F)c2)N1. The Labute approximate surface area is 102 Å². The van der Waals surface area contributed by atoms with Crippen molar-refractivity contribution in [3.8, 4) is 0 Å². The molecule has 1 aromatic heterocycles. The smallest absolute Gasteiger partial charge is 0.352 e. The summed E-state index contributed by atoms with van der Waals surface area (Å²) in [4.78, 5) is 7.46. The number of hydrogen-bond acceptors (Lipinski definition) is 4. The number of rotatable bonds is 2. The molecule has 0 radical (unpaired) electrons. The first-order chi connectivity index (χ1) is 8.45. The predicted octanol–water partition coefficient (Wildman–Crippen LogP) is 1.54.